The van der Waals surface area contributed by atoms with E-state index < -0.39 is 6.23 Å². The van der Waals surface area contributed by atoms with Gasteiger partial charge in [0.2, 0.25) is 5.88 Å². The van der Waals surface area contributed by atoms with E-state index in [0.29, 0.717) is 11.6 Å². The van der Waals surface area contributed by atoms with Gasteiger partial charge in [0, 0.05) is 12.6 Å². The Kier molecular flexibility index (Phi) is 4.55. The number of hydrogen-bond donors (Lipinski definition) is 3. The van der Waals surface area contributed by atoms with Crippen molar-refractivity contribution in [1.82, 2.24) is 4.98 Å². The molecule has 5 nitrogen and oxygen atoms in total. The van der Waals surface area contributed by atoms with Crippen molar-refractivity contribution in [3.05, 3.63) is 47.7 Å². The maximum absolute atomic E-state index is 9.39. The summed E-state index contributed by atoms with van der Waals surface area (Å²) in [4.78, 5) is 4.21. The molecule has 4 N–H and O–H groups in total. The number of nitrogens with two attached hydrogens (primary N) is 1. The van der Waals surface area contributed by atoms with E-state index in [1.54, 1.807) is 18.3 Å². The molecule has 0 bridgehead atoms. The topological polar surface area (TPSA) is 80.4 Å². The molecule has 5 heteroatoms. The van der Waals surface area contributed by atoms with Gasteiger partial charge in [-0.2, -0.15) is 0 Å². The van der Waals surface area contributed by atoms with Crippen LogP contribution in [0, 0.1) is 13.8 Å². The Bertz CT molecular complexity index is 550. The van der Waals surface area contributed by atoms with Crippen LogP contribution in [0.25, 0.3) is 0 Å². The molecule has 0 amide bonds. The molecule has 0 spiro atoms. The summed E-state index contributed by atoms with van der Waals surface area (Å²) in [6.45, 7) is 4.13. The van der Waals surface area contributed by atoms with E-state index >= 15 is 0 Å². The lowest BCUT2D eigenvalue weighted by Crippen LogP contribution is -2.28. The number of aliphatic hydroxyl groups is 1. The lowest BCUT2D eigenvalue weighted by atomic mass is 10.1. The second kappa shape index (κ2) is 6.36. The van der Waals surface area contributed by atoms with E-state index in [1.165, 1.54) is 0 Å². The molecule has 1 aromatic carbocycles. The summed E-state index contributed by atoms with van der Waals surface area (Å²) in [5.74, 6) is 1.33. The van der Waals surface area contributed by atoms with Crippen LogP contribution in [0.2, 0.25) is 0 Å². The molecule has 106 valence electrons. The summed E-state index contributed by atoms with van der Waals surface area (Å²) in [5, 5.41) is 12.2. The Morgan fingerprint density at radius 1 is 1.25 bits per heavy atom. The average molecular weight is 273 g/mol. The molecule has 20 heavy (non-hydrogen) atoms. The minimum absolute atomic E-state index is 0.140. The molecule has 0 radical (unpaired) electrons. The van der Waals surface area contributed by atoms with Crippen LogP contribution in [-0.4, -0.2) is 22.9 Å². The molecular weight excluding hydrogens is 254 g/mol. The Morgan fingerprint density at radius 2 is 1.95 bits per heavy atom. The third kappa shape index (κ3) is 3.46. The van der Waals surface area contributed by atoms with Crippen molar-refractivity contribution in [3.8, 4) is 11.6 Å². The fourth-order valence-corrected chi connectivity index (χ4v) is 1.84. The number of anilines is 1. The third-order valence-electron chi connectivity index (χ3n) is 2.91. The van der Waals surface area contributed by atoms with E-state index in [9.17, 15) is 5.11 Å². The molecule has 0 aliphatic rings. The Labute approximate surface area is 118 Å². The average Bonchev–Trinajstić information content (AvgIpc) is 2.44. The molecule has 0 saturated heterocycles. The van der Waals surface area contributed by atoms with Gasteiger partial charge in [-0.3, -0.25) is 0 Å². The van der Waals surface area contributed by atoms with E-state index in [-0.39, 0.29) is 6.54 Å². The van der Waals surface area contributed by atoms with Gasteiger partial charge >= 0.3 is 0 Å². The number of ether oxygens (including phenoxy) is 1. The summed E-state index contributed by atoms with van der Waals surface area (Å²) < 4.78 is 5.80. The molecule has 1 unspecified atom stereocenters. The predicted octanol–water partition coefficient (Wildman–Crippen LogP) is 2.18. The highest BCUT2D eigenvalue weighted by atomic mass is 16.5. The van der Waals surface area contributed by atoms with Crippen molar-refractivity contribution < 1.29 is 9.84 Å². The number of pyridine rings is 1. The first kappa shape index (κ1) is 14.3. The summed E-state index contributed by atoms with van der Waals surface area (Å²) in [6.07, 6.45) is 0.823. The van der Waals surface area contributed by atoms with E-state index in [0.717, 1.165) is 16.9 Å². The molecule has 1 atom stereocenters. The Balaban J connectivity index is 2.11. The van der Waals surface area contributed by atoms with Crippen LogP contribution in [0.1, 0.15) is 11.1 Å². The molecule has 0 saturated carbocycles. The third-order valence-corrected chi connectivity index (χ3v) is 2.91. The van der Waals surface area contributed by atoms with Crippen LogP contribution >= 0.6 is 0 Å². The highest BCUT2D eigenvalue weighted by Crippen LogP contribution is 2.27. The van der Waals surface area contributed by atoms with Crippen LogP contribution in [0.15, 0.2) is 36.5 Å². The maximum atomic E-state index is 9.39. The number of aliphatic hydroxyl groups excluding tert-OH is 1. The largest absolute Gasteiger partial charge is 0.438 e. The predicted molar refractivity (Wildman–Crippen MR) is 78.9 cm³/mol. The van der Waals surface area contributed by atoms with Crippen molar-refractivity contribution in [1.29, 1.82) is 0 Å². The van der Waals surface area contributed by atoms with Crippen LogP contribution in [-0.2, 0) is 0 Å². The van der Waals surface area contributed by atoms with E-state index in [4.69, 9.17) is 10.5 Å². The lowest BCUT2D eigenvalue weighted by molar-refractivity contribution is 0.212. The first-order chi connectivity index (χ1) is 9.60. The van der Waals surface area contributed by atoms with E-state index in [1.807, 2.05) is 32.0 Å². The Morgan fingerprint density at radius 3 is 2.50 bits per heavy atom. The molecule has 1 aromatic heterocycles. The van der Waals surface area contributed by atoms with Crippen LogP contribution in [0.5, 0.6) is 11.6 Å². The minimum Gasteiger partial charge on any atom is -0.438 e. The van der Waals surface area contributed by atoms with Gasteiger partial charge in [0.1, 0.15) is 12.0 Å². The molecule has 0 fully saturated rings. The van der Waals surface area contributed by atoms with Crippen LogP contribution in [0.3, 0.4) is 0 Å². The quantitative estimate of drug-likeness (QED) is 0.728. The summed E-state index contributed by atoms with van der Waals surface area (Å²) in [5.41, 5.74) is 8.14. The number of aryl methyl sites for hydroxylation is 2. The van der Waals surface area contributed by atoms with Crippen molar-refractivity contribution in [3.63, 3.8) is 0 Å². The second-order valence-electron chi connectivity index (χ2n) is 4.60. The second-order valence-corrected chi connectivity index (χ2v) is 4.60. The van der Waals surface area contributed by atoms with Crippen molar-refractivity contribution in [2.75, 3.05) is 11.9 Å². The number of aromatic nitrogens is 1. The zero-order valence-corrected chi connectivity index (χ0v) is 11.6. The molecule has 0 aliphatic carbocycles. The highest BCUT2D eigenvalue weighted by Gasteiger charge is 2.06. The normalized spacial score (nSPS) is 12.0. The van der Waals surface area contributed by atoms with Crippen molar-refractivity contribution in [2.45, 2.75) is 20.1 Å². The number of rotatable bonds is 5. The number of benzene rings is 1. The monoisotopic (exact) mass is 273 g/mol. The molecule has 2 aromatic rings. The van der Waals surface area contributed by atoms with Gasteiger partial charge in [-0.1, -0.05) is 18.2 Å². The van der Waals surface area contributed by atoms with Gasteiger partial charge in [0.05, 0.1) is 11.9 Å². The van der Waals surface area contributed by atoms with Crippen LogP contribution < -0.4 is 15.8 Å². The first-order valence-electron chi connectivity index (χ1n) is 6.45. The van der Waals surface area contributed by atoms with Gasteiger partial charge in [0.25, 0.3) is 0 Å². The number of nitrogens with one attached hydrogen (secondary N) is 1. The van der Waals surface area contributed by atoms with Gasteiger partial charge in [-0.15, -0.1) is 0 Å². The zero-order valence-electron chi connectivity index (χ0n) is 11.6. The summed E-state index contributed by atoms with van der Waals surface area (Å²) in [6, 6.07) is 9.52. The van der Waals surface area contributed by atoms with E-state index in [2.05, 4.69) is 10.3 Å². The van der Waals surface area contributed by atoms with Gasteiger partial charge in [-0.05, 0) is 31.0 Å². The maximum Gasteiger partial charge on any atom is 0.219 e. The first-order valence-corrected chi connectivity index (χ1v) is 6.45. The number of nitrogens with zero attached hydrogens (tertiary/aromatic N) is 1. The number of hydrogen-bond acceptors (Lipinski definition) is 5. The van der Waals surface area contributed by atoms with Gasteiger partial charge in [-0.25, -0.2) is 4.98 Å². The minimum atomic E-state index is -0.776. The standard InChI is InChI=1S/C15H19N3O2/c1-10-4-3-5-11(2)15(10)20-14-7-6-12(9-17-14)18-13(19)8-16/h3-7,9,13,18-19H,8,16H2,1-2H3. The SMILES string of the molecule is Cc1cccc(C)c1Oc1ccc(NC(O)CN)cn1. The smallest absolute Gasteiger partial charge is 0.219 e. The Hall–Kier alpha value is -2.11. The lowest BCUT2D eigenvalue weighted by Gasteiger charge is -2.13. The molecular formula is C15H19N3O2. The molecule has 0 aliphatic heterocycles. The van der Waals surface area contributed by atoms with Gasteiger partial charge in [0.15, 0.2) is 0 Å². The van der Waals surface area contributed by atoms with Gasteiger partial charge < -0.3 is 20.9 Å². The van der Waals surface area contributed by atoms with Crippen LogP contribution in [0.4, 0.5) is 5.69 Å². The fraction of sp³-hybridized carbons (Fsp3) is 0.267. The molecule has 2 rings (SSSR count). The van der Waals surface area contributed by atoms with Crippen molar-refractivity contribution in [2.24, 2.45) is 5.73 Å². The van der Waals surface area contributed by atoms with Crippen molar-refractivity contribution >= 4 is 5.69 Å². The summed E-state index contributed by atoms with van der Waals surface area (Å²) >= 11 is 0. The number of para-hydroxylation sites is 1. The molecule has 1 heterocycles. The zero-order chi connectivity index (χ0) is 14.5. The highest BCUT2D eigenvalue weighted by molar-refractivity contribution is 5.45. The fourth-order valence-electron chi connectivity index (χ4n) is 1.84. The summed E-state index contributed by atoms with van der Waals surface area (Å²) in [7, 11) is 0.